The largest absolute Gasteiger partial charge is 0.493 e. The van der Waals surface area contributed by atoms with Gasteiger partial charge < -0.3 is 34.1 Å². The number of anilines is 3. The fourth-order valence-corrected chi connectivity index (χ4v) is 8.90. The standard InChI is InChI=1S/C40H56ClN3O5S2/c1-29-12-11-13-37-35(29)22-34(43(37)4)25-42-36-23-39(38(47-6)21-32(36)26-45)49-27-31-18-30(24-41)19-33(20-31)44(28-40(2,3)51-50-7)14-9-8-10-15-48-17-16-46-5/h11-13,18-21,23,26,34,42H,8-10,14-17,22,24-25,27-28H2,1-7H3. The summed E-state index contributed by atoms with van der Waals surface area (Å²) in [5, 5.41) is 3.55. The van der Waals surface area contributed by atoms with E-state index in [1.54, 1.807) is 31.1 Å². The van der Waals surface area contributed by atoms with Crippen LogP contribution >= 0.6 is 33.2 Å². The number of rotatable bonds is 23. The minimum atomic E-state index is 0.0440. The van der Waals surface area contributed by atoms with Crippen LogP contribution in [-0.2, 0) is 28.4 Å². The molecule has 11 heteroatoms. The fourth-order valence-electron chi connectivity index (χ4n) is 6.57. The number of unbranched alkanes of at least 4 members (excludes halogenated alkanes) is 2. The molecule has 8 nitrogen and oxygen atoms in total. The maximum atomic E-state index is 12.2. The maximum Gasteiger partial charge on any atom is 0.163 e. The molecule has 0 radical (unpaired) electrons. The van der Waals surface area contributed by atoms with Gasteiger partial charge in [0.1, 0.15) is 6.61 Å². The van der Waals surface area contributed by atoms with Crippen molar-refractivity contribution in [1.82, 2.24) is 0 Å². The van der Waals surface area contributed by atoms with Gasteiger partial charge in [-0.3, -0.25) is 4.79 Å². The van der Waals surface area contributed by atoms with Gasteiger partial charge in [0.25, 0.3) is 0 Å². The Labute approximate surface area is 318 Å². The molecule has 1 unspecified atom stereocenters. The summed E-state index contributed by atoms with van der Waals surface area (Å²) in [4.78, 5) is 17.0. The average molecular weight is 758 g/mol. The molecular formula is C40H56ClN3O5S2. The predicted octanol–water partition coefficient (Wildman–Crippen LogP) is 9.04. The Kier molecular flexibility index (Phi) is 16.5. The van der Waals surface area contributed by atoms with E-state index in [-0.39, 0.29) is 10.8 Å². The van der Waals surface area contributed by atoms with Crippen molar-refractivity contribution < 1.29 is 23.7 Å². The van der Waals surface area contributed by atoms with Crippen LogP contribution in [0.3, 0.4) is 0 Å². The number of nitrogens with one attached hydrogen (secondary N) is 1. The van der Waals surface area contributed by atoms with Crippen LogP contribution in [-0.4, -0.2) is 84.1 Å². The molecule has 1 N–H and O–H groups in total. The second-order valence-electron chi connectivity index (χ2n) is 13.7. The molecule has 0 fully saturated rings. The molecule has 1 aliphatic rings. The van der Waals surface area contributed by atoms with Crippen LogP contribution in [0.25, 0.3) is 0 Å². The third-order valence-corrected chi connectivity index (χ3v) is 12.1. The molecule has 0 aliphatic carbocycles. The normalized spacial score (nSPS) is 14.0. The fraction of sp³-hybridized carbons (Fsp3) is 0.525. The highest BCUT2D eigenvalue weighted by Gasteiger charge is 2.28. The first-order chi connectivity index (χ1) is 24.6. The number of fused-ring (bicyclic) bond motifs is 1. The predicted molar refractivity (Wildman–Crippen MR) is 218 cm³/mol. The molecule has 1 heterocycles. The monoisotopic (exact) mass is 757 g/mol. The lowest BCUT2D eigenvalue weighted by molar-refractivity contribution is 0.0687. The van der Waals surface area contributed by atoms with E-state index < -0.39 is 0 Å². The average Bonchev–Trinajstić information content (AvgIpc) is 3.45. The second-order valence-corrected chi connectivity index (χ2v) is 17.0. The van der Waals surface area contributed by atoms with Crippen LogP contribution in [0.5, 0.6) is 11.5 Å². The Morgan fingerprint density at radius 2 is 1.84 bits per heavy atom. The van der Waals surface area contributed by atoms with E-state index in [1.165, 1.54) is 16.8 Å². The van der Waals surface area contributed by atoms with Gasteiger partial charge in [0.2, 0.25) is 0 Å². The lowest BCUT2D eigenvalue weighted by Gasteiger charge is -2.34. The van der Waals surface area contributed by atoms with Crippen molar-refractivity contribution in [1.29, 1.82) is 0 Å². The zero-order chi connectivity index (χ0) is 36.8. The molecule has 51 heavy (non-hydrogen) atoms. The first-order valence-corrected chi connectivity index (χ1v) is 20.8. The summed E-state index contributed by atoms with van der Waals surface area (Å²) in [5.41, 5.74) is 8.41. The number of aryl methyl sites for hydroxylation is 1. The third kappa shape index (κ3) is 11.9. The summed E-state index contributed by atoms with van der Waals surface area (Å²) in [6.45, 7) is 11.6. The molecule has 0 saturated carbocycles. The van der Waals surface area contributed by atoms with Crippen molar-refractivity contribution in [3.05, 3.63) is 76.3 Å². The van der Waals surface area contributed by atoms with Gasteiger partial charge in [-0.25, -0.2) is 0 Å². The van der Waals surface area contributed by atoms with E-state index in [0.29, 0.717) is 49.3 Å². The highest BCUT2D eigenvalue weighted by Crippen LogP contribution is 2.38. The van der Waals surface area contributed by atoms with Crippen molar-refractivity contribution in [2.24, 2.45) is 0 Å². The number of nitrogens with zero attached hydrogens (tertiary/aromatic N) is 2. The molecule has 4 rings (SSSR count). The molecule has 0 aromatic heterocycles. The van der Waals surface area contributed by atoms with Crippen molar-refractivity contribution in [2.45, 2.75) is 69.7 Å². The zero-order valence-corrected chi connectivity index (χ0v) is 33.8. The number of methoxy groups -OCH3 is 2. The van der Waals surface area contributed by atoms with Crippen molar-refractivity contribution >= 4 is 56.5 Å². The molecule has 0 amide bonds. The van der Waals surface area contributed by atoms with E-state index >= 15 is 0 Å². The number of likely N-dealkylation sites (N-methyl/N-ethyl adjacent to an activating group) is 1. The molecule has 280 valence electrons. The number of benzene rings is 3. The third-order valence-electron chi connectivity index (χ3n) is 9.22. The zero-order valence-electron chi connectivity index (χ0n) is 31.4. The van der Waals surface area contributed by atoms with E-state index in [1.807, 2.05) is 16.9 Å². The molecule has 0 bridgehead atoms. The number of carbonyl (C=O) groups is 1. The SMILES string of the molecule is COCCOCCCCCN(CC(C)(C)SSC)c1cc(CCl)cc(COc2cc(NCC3Cc4c(C)cccc4N3C)c(C=O)cc2OC)c1. The molecule has 0 spiro atoms. The minimum absolute atomic E-state index is 0.0440. The van der Waals surface area contributed by atoms with E-state index in [9.17, 15) is 4.79 Å². The Hall–Kier alpha value is -2.76. The number of hydrogen-bond acceptors (Lipinski definition) is 10. The van der Waals surface area contributed by atoms with Crippen LogP contribution in [0.4, 0.5) is 17.1 Å². The van der Waals surface area contributed by atoms with Crippen LogP contribution in [0.15, 0.2) is 48.5 Å². The van der Waals surface area contributed by atoms with E-state index in [4.69, 9.17) is 30.5 Å². The first-order valence-electron chi connectivity index (χ1n) is 17.7. The second kappa shape index (κ2) is 20.5. The number of ether oxygens (including phenoxy) is 4. The quantitative estimate of drug-likeness (QED) is 0.0439. The summed E-state index contributed by atoms with van der Waals surface area (Å²) in [7, 11) is 9.12. The van der Waals surface area contributed by atoms with Gasteiger partial charge in [-0.15, -0.1) is 11.6 Å². The highest BCUT2D eigenvalue weighted by molar-refractivity contribution is 8.77. The van der Waals surface area contributed by atoms with Gasteiger partial charge in [-0.1, -0.05) is 39.8 Å². The maximum absolute atomic E-state index is 12.2. The number of halogens is 1. The Morgan fingerprint density at radius 1 is 1.04 bits per heavy atom. The Balaban J connectivity index is 1.49. The number of hydrogen-bond donors (Lipinski definition) is 1. The van der Waals surface area contributed by atoms with Crippen LogP contribution in [0.1, 0.15) is 65.7 Å². The van der Waals surface area contributed by atoms with Gasteiger partial charge in [0.15, 0.2) is 17.8 Å². The summed E-state index contributed by atoms with van der Waals surface area (Å²) >= 11 is 6.46. The van der Waals surface area contributed by atoms with Crippen LogP contribution < -0.4 is 24.6 Å². The lowest BCUT2D eigenvalue weighted by Crippen LogP contribution is -2.37. The Bertz CT molecular complexity index is 1560. The van der Waals surface area contributed by atoms with Crippen molar-refractivity contribution in [2.75, 3.05) is 82.1 Å². The number of carbonyl (C=O) groups excluding carboxylic acids is 1. The van der Waals surface area contributed by atoms with Crippen LogP contribution in [0, 0.1) is 6.92 Å². The smallest absolute Gasteiger partial charge is 0.163 e. The molecular weight excluding hydrogens is 702 g/mol. The lowest BCUT2D eigenvalue weighted by atomic mass is 10.0. The van der Waals surface area contributed by atoms with Crippen molar-refractivity contribution in [3.63, 3.8) is 0 Å². The van der Waals surface area contributed by atoms with Gasteiger partial charge in [0, 0.05) is 79.7 Å². The van der Waals surface area contributed by atoms with Crippen LogP contribution in [0.2, 0.25) is 0 Å². The topological polar surface area (TPSA) is 72.5 Å². The Morgan fingerprint density at radius 3 is 2.55 bits per heavy atom. The first kappa shape index (κ1) is 41.0. The minimum Gasteiger partial charge on any atom is -0.493 e. The summed E-state index contributed by atoms with van der Waals surface area (Å²) < 4.78 is 22.9. The molecule has 3 aromatic carbocycles. The van der Waals surface area contributed by atoms with Gasteiger partial charge in [0.05, 0.1) is 26.4 Å². The van der Waals surface area contributed by atoms with Gasteiger partial charge >= 0.3 is 0 Å². The number of aldehydes is 1. The molecule has 1 aliphatic heterocycles. The highest BCUT2D eigenvalue weighted by atomic mass is 35.5. The van der Waals surface area contributed by atoms with E-state index in [0.717, 1.165) is 74.2 Å². The van der Waals surface area contributed by atoms with Gasteiger partial charge in [-0.05, 0) is 99.2 Å². The van der Waals surface area contributed by atoms with Crippen molar-refractivity contribution in [3.8, 4) is 11.5 Å². The molecule has 0 saturated heterocycles. The van der Waals surface area contributed by atoms with Gasteiger partial charge in [-0.2, -0.15) is 0 Å². The number of alkyl halides is 1. The molecule has 3 aromatic rings. The summed E-state index contributed by atoms with van der Waals surface area (Å²) in [6.07, 6.45) is 7.11. The molecule has 1 atom stereocenters. The van der Waals surface area contributed by atoms with E-state index in [2.05, 4.69) is 85.6 Å². The summed E-state index contributed by atoms with van der Waals surface area (Å²) in [5.74, 6) is 1.49. The summed E-state index contributed by atoms with van der Waals surface area (Å²) in [6, 6.07) is 16.9.